The molecule has 0 radical (unpaired) electrons. The molecule has 0 atom stereocenters. The fourth-order valence-electron chi connectivity index (χ4n) is 1.50. The van der Waals surface area contributed by atoms with Crippen molar-refractivity contribution in [3.63, 3.8) is 0 Å². The van der Waals surface area contributed by atoms with E-state index in [0.29, 0.717) is 17.7 Å². The molecule has 2 aromatic rings. The van der Waals surface area contributed by atoms with E-state index in [1.807, 2.05) is 6.07 Å². The molecule has 1 aromatic carbocycles. The molecule has 82 valence electrons. The first kappa shape index (κ1) is 11.0. The van der Waals surface area contributed by atoms with Crippen molar-refractivity contribution in [3.8, 4) is 6.07 Å². The Balaban J connectivity index is 2.11. The highest BCUT2D eigenvalue weighted by Gasteiger charge is 2.07. The van der Waals surface area contributed by atoms with Gasteiger partial charge in [-0.1, -0.05) is 18.2 Å². The van der Waals surface area contributed by atoms with Crippen LogP contribution in [0.3, 0.4) is 0 Å². The van der Waals surface area contributed by atoms with Gasteiger partial charge in [0.25, 0.3) is 0 Å². The van der Waals surface area contributed by atoms with Crippen LogP contribution in [-0.4, -0.2) is 10.8 Å². The molecule has 0 saturated carbocycles. The molecule has 1 aromatic heterocycles. The Kier molecular flexibility index (Phi) is 3.27. The van der Waals surface area contributed by atoms with Crippen molar-refractivity contribution in [3.05, 3.63) is 65.5 Å². The molecule has 2 rings (SSSR count). The average Bonchev–Trinajstić information content (AvgIpc) is 2.40. The molecule has 0 amide bonds. The van der Waals surface area contributed by atoms with Gasteiger partial charge in [-0.15, -0.1) is 0 Å². The van der Waals surface area contributed by atoms with Gasteiger partial charge in [-0.2, -0.15) is 5.26 Å². The molecule has 0 aliphatic rings. The first-order valence-electron chi connectivity index (χ1n) is 5.23. The Morgan fingerprint density at radius 2 is 1.94 bits per heavy atom. The molecule has 3 heteroatoms. The Morgan fingerprint density at radius 3 is 2.53 bits per heavy atom. The number of ketones is 1. The van der Waals surface area contributed by atoms with Gasteiger partial charge in [-0.3, -0.25) is 9.78 Å². The van der Waals surface area contributed by atoms with Crippen LogP contribution in [0.4, 0.5) is 0 Å². The largest absolute Gasteiger partial charge is 0.292 e. The van der Waals surface area contributed by atoms with Gasteiger partial charge in [0.15, 0.2) is 5.78 Å². The molecule has 1 heterocycles. The minimum atomic E-state index is -0.0182. The van der Waals surface area contributed by atoms with Crippen molar-refractivity contribution in [1.29, 1.82) is 5.26 Å². The van der Waals surface area contributed by atoms with Crippen molar-refractivity contribution in [1.82, 2.24) is 4.98 Å². The van der Waals surface area contributed by atoms with Crippen LogP contribution in [0.25, 0.3) is 0 Å². The van der Waals surface area contributed by atoms with Crippen LogP contribution < -0.4 is 0 Å². The molecule has 0 aliphatic heterocycles. The second-order valence-corrected chi connectivity index (χ2v) is 3.62. The third-order valence-corrected chi connectivity index (χ3v) is 2.40. The van der Waals surface area contributed by atoms with Crippen molar-refractivity contribution in [2.45, 2.75) is 6.42 Å². The van der Waals surface area contributed by atoms with Gasteiger partial charge in [0, 0.05) is 12.6 Å². The molecule has 17 heavy (non-hydrogen) atoms. The van der Waals surface area contributed by atoms with Crippen LogP contribution >= 0.6 is 0 Å². The second kappa shape index (κ2) is 5.04. The summed E-state index contributed by atoms with van der Waals surface area (Å²) in [6.45, 7) is 0. The van der Waals surface area contributed by atoms with Gasteiger partial charge in [0.2, 0.25) is 0 Å². The van der Waals surface area contributed by atoms with Crippen molar-refractivity contribution >= 4 is 5.78 Å². The number of rotatable bonds is 3. The van der Waals surface area contributed by atoms with E-state index in [9.17, 15) is 4.79 Å². The van der Waals surface area contributed by atoms with E-state index in [0.717, 1.165) is 5.56 Å². The van der Waals surface area contributed by atoms with Crippen LogP contribution in [0, 0.1) is 11.3 Å². The Labute approximate surface area is 99.4 Å². The lowest BCUT2D eigenvalue weighted by Gasteiger charge is -2.00. The van der Waals surface area contributed by atoms with E-state index in [4.69, 9.17) is 5.26 Å². The van der Waals surface area contributed by atoms with Crippen LogP contribution in [0.2, 0.25) is 0 Å². The molecule has 0 N–H and O–H groups in total. The Morgan fingerprint density at radius 1 is 1.18 bits per heavy atom. The summed E-state index contributed by atoms with van der Waals surface area (Å²) in [7, 11) is 0. The lowest BCUT2D eigenvalue weighted by Crippen LogP contribution is -2.05. The zero-order valence-corrected chi connectivity index (χ0v) is 9.13. The Hall–Kier alpha value is -2.47. The predicted molar refractivity (Wildman–Crippen MR) is 63.4 cm³/mol. The van der Waals surface area contributed by atoms with Crippen molar-refractivity contribution in [2.75, 3.05) is 0 Å². The third-order valence-electron chi connectivity index (χ3n) is 2.40. The lowest BCUT2D eigenvalue weighted by atomic mass is 10.1. The van der Waals surface area contributed by atoms with E-state index < -0.39 is 0 Å². The summed E-state index contributed by atoms with van der Waals surface area (Å²) in [4.78, 5) is 15.8. The van der Waals surface area contributed by atoms with Gasteiger partial charge < -0.3 is 0 Å². The minimum absolute atomic E-state index is 0.0182. The highest BCUT2D eigenvalue weighted by Crippen LogP contribution is 2.07. The number of nitriles is 1. The maximum Gasteiger partial charge on any atom is 0.185 e. The smallest absolute Gasteiger partial charge is 0.185 e. The van der Waals surface area contributed by atoms with Crippen LogP contribution in [0.15, 0.2) is 48.7 Å². The summed E-state index contributed by atoms with van der Waals surface area (Å²) in [5.74, 6) is -0.0182. The van der Waals surface area contributed by atoms with E-state index in [1.54, 1.807) is 48.7 Å². The maximum atomic E-state index is 11.8. The van der Waals surface area contributed by atoms with Gasteiger partial charge >= 0.3 is 0 Å². The summed E-state index contributed by atoms with van der Waals surface area (Å²) in [5.41, 5.74) is 1.95. The number of Topliss-reactive ketones (excluding diaryl/α,β-unsaturated/α-hetero) is 1. The standard InChI is InChI=1S/C14H10N2O/c15-10-12-6-4-11(5-7-12)9-14(17)13-3-1-2-8-16-13/h1-8H,9H2. The SMILES string of the molecule is N#Cc1ccc(CC(=O)c2ccccn2)cc1. The predicted octanol–water partition coefficient (Wildman–Crippen LogP) is 2.38. The minimum Gasteiger partial charge on any atom is -0.292 e. The van der Waals surface area contributed by atoms with Crippen LogP contribution in [-0.2, 0) is 6.42 Å². The number of pyridine rings is 1. The first-order valence-corrected chi connectivity index (χ1v) is 5.23. The summed E-state index contributed by atoms with van der Waals surface area (Å²) in [5, 5.41) is 8.66. The normalized spacial score (nSPS) is 9.59. The molecular formula is C14H10N2O. The number of hydrogen-bond donors (Lipinski definition) is 0. The van der Waals surface area contributed by atoms with Gasteiger partial charge in [0.05, 0.1) is 11.6 Å². The van der Waals surface area contributed by atoms with Crippen LogP contribution in [0.1, 0.15) is 21.6 Å². The summed E-state index contributed by atoms with van der Waals surface area (Å²) in [6, 6.07) is 14.3. The molecule has 3 nitrogen and oxygen atoms in total. The zero-order chi connectivity index (χ0) is 12.1. The molecule has 0 saturated heterocycles. The zero-order valence-electron chi connectivity index (χ0n) is 9.13. The van der Waals surface area contributed by atoms with E-state index in [2.05, 4.69) is 4.98 Å². The summed E-state index contributed by atoms with van der Waals surface area (Å²) in [6.07, 6.45) is 1.91. The first-order chi connectivity index (χ1) is 8.29. The van der Waals surface area contributed by atoms with Crippen molar-refractivity contribution < 1.29 is 4.79 Å². The number of carbonyl (C=O) groups excluding carboxylic acids is 1. The number of nitrogens with zero attached hydrogens (tertiary/aromatic N) is 2. The van der Waals surface area contributed by atoms with Crippen molar-refractivity contribution in [2.24, 2.45) is 0 Å². The fourth-order valence-corrected chi connectivity index (χ4v) is 1.50. The van der Waals surface area contributed by atoms with E-state index in [1.165, 1.54) is 0 Å². The van der Waals surface area contributed by atoms with E-state index in [-0.39, 0.29) is 5.78 Å². The van der Waals surface area contributed by atoms with Gasteiger partial charge in [-0.25, -0.2) is 0 Å². The number of benzene rings is 1. The Bertz CT molecular complexity index is 553. The highest BCUT2D eigenvalue weighted by atomic mass is 16.1. The van der Waals surface area contributed by atoms with Gasteiger partial charge in [-0.05, 0) is 29.8 Å². The lowest BCUT2D eigenvalue weighted by molar-refractivity contribution is 0.0988. The van der Waals surface area contributed by atoms with Crippen LogP contribution in [0.5, 0.6) is 0 Å². The maximum absolute atomic E-state index is 11.8. The topological polar surface area (TPSA) is 53.8 Å². The highest BCUT2D eigenvalue weighted by molar-refractivity contribution is 5.95. The number of hydrogen-bond acceptors (Lipinski definition) is 3. The molecule has 0 bridgehead atoms. The molecule has 0 aliphatic carbocycles. The third kappa shape index (κ3) is 2.76. The molecule has 0 unspecified atom stereocenters. The average molecular weight is 222 g/mol. The summed E-state index contributed by atoms with van der Waals surface area (Å²) >= 11 is 0. The van der Waals surface area contributed by atoms with Gasteiger partial charge in [0.1, 0.15) is 5.69 Å². The molecule has 0 fully saturated rings. The molecular weight excluding hydrogens is 212 g/mol. The second-order valence-electron chi connectivity index (χ2n) is 3.62. The van der Waals surface area contributed by atoms with E-state index >= 15 is 0 Å². The number of carbonyl (C=O) groups is 1. The fraction of sp³-hybridized carbons (Fsp3) is 0.0714. The monoisotopic (exact) mass is 222 g/mol. The quantitative estimate of drug-likeness (QED) is 0.749. The molecule has 0 spiro atoms. The number of aromatic nitrogens is 1. The summed E-state index contributed by atoms with van der Waals surface area (Å²) < 4.78 is 0.